The summed E-state index contributed by atoms with van der Waals surface area (Å²) in [6.45, 7) is 1.38. The number of rotatable bonds is 4. The van der Waals surface area contributed by atoms with Crippen molar-refractivity contribution in [3.05, 3.63) is 0 Å². The van der Waals surface area contributed by atoms with Crippen molar-refractivity contribution in [2.45, 2.75) is 25.9 Å². The quantitative estimate of drug-likeness (QED) is 0.754. The smallest absolute Gasteiger partial charge is 0.407 e. The molecule has 1 amide bonds. The van der Waals surface area contributed by atoms with Gasteiger partial charge in [0.1, 0.15) is 0 Å². The third-order valence-electron chi connectivity index (χ3n) is 1.43. The fourth-order valence-electron chi connectivity index (χ4n) is 0.835. The minimum atomic E-state index is -4.29. The predicted octanol–water partition coefficient (Wildman–Crippen LogP) is 2.33. The van der Waals surface area contributed by atoms with Gasteiger partial charge >= 0.3 is 12.3 Å². The second-order valence-electron chi connectivity index (χ2n) is 2.63. The van der Waals surface area contributed by atoms with Crippen LogP contribution in [0, 0.1) is 0 Å². The van der Waals surface area contributed by atoms with Crippen molar-refractivity contribution in [3.63, 3.8) is 0 Å². The van der Waals surface area contributed by atoms with Gasteiger partial charge in [0, 0.05) is 13.1 Å². The summed E-state index contributed by atoms with van der Waals surface area (Å²) in [4.78, 5) is 11.1. The van der Waals surface area contributed by atoms with E-state index < -0.39 is 25.2 Å². The third kappa shape index (κ3) is 6.24. The van der Waals surface area contributed by atoms with Gasteiger partial charge in [0.15, 0.2) is 0 Å². The Hall–Kier alpha value is -0.940. The molecule has 78 valence electrons. The lowest BCUT2D eigenvalue weighted by Crippen LogP contribution is -2.33. The van der Waals surface area contributed by atoms with Crippen molar-refractivity contribution in [3.8, 4) is 0 Å². The number of hydrogen-bond donors (Lipinski definition) is 1. The lowest BCUT2D eigenvalue weighted by molar-refractivity contribution is -0.136. The first-order valence-corrected chi connectivity index (χ1v) is 3.91. The SMILES string of the molecule is CCCN(CCC(F)(F)F)C(=O)O. The summed E-state index contributed by atoms with van der Waals surface area (Å²) in [5.41, 5.74) is 0. The summed E-state index contributed by atoms with van der Waals surface area (Å²) in [6.07, 6.45) is -6.16. The number of carboxylic acid groups (broad SMARTS) is 1. The fraction of sp³-hybridized carbons (Fsp3) is 0.857. The van der Waals surface area contributed by atoms with Crippen molar-refractivity contribution in [2.24, 2.45) is 0 Å². The van der Waals surface area contributed by atoms with Crippen LogP contribution in [0.1, 0.15) is 19.8 Å². The maximum atomic E-state index is 11.7. The summed E-state index contributed by atoms with van der Waals surface area (Å²) in [5.74, 6) is 0. The highest BCUT2D eigenvalue weighted by Crippen LogP contribution is 2.19. The second-order valence-corrected chi connectivity index (χ2v) is 2.63. The van der Waals surface area contributed by atoms with E-state index in [9.17, 15) is 18.0 Å². The van der Waals surface area contributed by atoms with Gasteiger partial charge in [-0.15, -0.1) is 0 Å². The Bertz CT molecular complexity index is 170. The van der Waals surface area contributed by atoms with E-state index in [1.54, 1.807) is 6.92 Å². The minimum Gasteiger partial charge on any atom is -0.465 e. The Morgan fingerprint density at radius 3 is 2.23 bits per heavy atom. The molecule has 0 spiro atoms. The maximum absolute atomic E-state index is 11.7. The highest BCUT2D eigenvalue weighted by Gasteiger charge is 2.28. The highest BCUT2D eigenvalue weighted by molar-refractivity contribution is 5.64. The van der Waals surface area contributed by atoms with Gasteiger partial charge in [-0.2, -0.15) is 13.2 Å². The summed E-state index contributed by atoms with van der Waals surface area (Å²) >= 11 is 0. The van der Waals surface area contributed by atoms with E-state index >= 15 is 0 Å². The molecule has 0 aromatic heterocycles. The van der Waals surface area contributed by atoms with E-state index in [-0.39, 0.29) is 6.54 Å². The molecule has 0 aliphatic rings. The Morgan fingerprint density at radius 2 is 1.92 bits per heavy atom. The molecule has 0 bridgehead atoms. The van der Waals surface area contributed by atoms with Crippen LogP contribution in [-0.2, 0) is 0 Å². The molecule has 0 unspecified atom stereocenters. The first-order valence-electron chi connectivity index (χ1n) is 3.91. The second kappa shape index (κ2) is 4.94. The van der Waals surface area contributed by atoms with Gasteiger partial charge in [0.05, 0.1) is 6.42 Å². The van der Waals surface area contributed by atoms with E-state index in [1.165, 1.54) is 0 Å². The zero-order valence-electron chi connectivity index (χ0n) is 7.26. The molecule has 3 nitrogen and oxygen atoms in total. The van der Waals surface area contributed by atoms with Crippen molar-refractivity contribution < 1.29 is 23.1 Å². The first kappa shape index (κ1) is 12.1. The van der Waals surface area contributed by atoms with Crippen LogP contribution in [0.5, 0.6) is 0 Å². The maximum Gasteiger partial charge on any atom is 0.407 e. The molecule has 0 rings (SSSR count). The topological polar surface area (TPSA) is 40.5 Å². The number of amides is 1. The molecule has 0 atom stereocenters. The van der Waals surface area contributed by atoms with Gasteiger partial charge in [-0.1, -0.05) is 6.92 Å². The van der Waals surface area contributed by atoms with Gasteiger partial charge in [-0.05, 0) is 6.42 Å². The van der Waals surface area contributed by atoms with Crippen LogP contribution in [0.2, 0.25) is 0 Å². The fourth-order valence-corrected chi connectivity index (χ4v) is 0.835. The van der Waals surface area contributed by atoms with Crippen LogP contribution in [0.4, 0.5) is 18.0 Å². The Kier molecular flexibility index (Phi) is 4.58. The molecule has 0 radical (unpaired) electrons. The average Bonchev–Trinajstić information content (AvgIpc) is 1.95. The average molecular weight is 199 g/mol. The Balaban J connectivity index is 3.90. The van der Waals surface area contributed by atoms with Gasteiger partial charge in [-0.25, -0.2) is 4.79 Å². The highest BCUT2D eigenvalue weighted by atomic mass is 19.4. The number of nitrogens with zero attached hydrogens (tertiary/aromatic N) is 1. The summed E-state index contributed by atoms with van der Waals surface area (Å²) in [6, 6.07) is 0. The molecule has 0 aromatic carbocycles. The Morgan fingerprint density at radius 1 is 1.38 bits per heavy atom. The van der Waals surface area contributed by atoms with Crippen LogP contribution < -0.4 is 0 Å². The third-order valence-corrected chi connectivity index (χ3v) is 1.43. The Labute approximate surface area is 74.1 Å². The van der Waals surface area contributed by atoms with E-state index in [0.29, 0.717) is 6.42 Å². The summed E-state index contributed by atoms with van der Waals surface area (Å²) in [5, 5.41) is 8.46. The lowest BCUT2D eigenvalue weighted by atomic mass is 10.3. The number of halogens is 3. The molecule has 0 aliphatic carbocycles. The van der Waals surface area contributed by atoms with Crippen molar-refractivity contribution in [1.82, 2.24) is 4.90 Å². The van der Waals surface area contributed by atoms with E-state index in [1.807, 2.05) is 0 Å². The van der Waals surface area contributed by atoms with Crippen LogP contribution in [0.3, 0.4) is 0 Å². The molecule has 0 saturated carbocycles. The molecule has 1 N–H and O–H groups in total. The van der Waals surface area contributed by atoms with Gasteiger partial charge < -0.3 is 10.0 Å². The van der Waals surface area contributed by atoms with Gasteiger partial charge in [-0.3, -0.25) is 0 Å². The minimum absolute atomic E-state index is 0.144. The van der Waals surface area contributed by atoms with Crippen LogP contribution in [0.15, 0.2) is 0 Å². The van der Waals surface area contributed by atoms with E-state index in [4.69, 9.17) is 5.11 Å². The van der Waals surface area contributed by atoms with Crippen molar-refractivity contribution in [2.75, 3.05) is 13.1 Å². The summed E-state index contributed by atoms with van der Waals surface area (Å²) in [7, 11) is 0. The lowest BCUT2D eigenvalue weighted by Gasteiger charge is -2.18. The molecule has 0 aromatic rings. The van der Waals surface area contributed by atoms with Gasteiger partial charge in [0.25, 0.3) is 0 Å². The zero-order valence-corrected chi connectivity index (χ0v) is 7.26. The predicted molar refractivity (Wildman–Crippen MR) is 40.6 cm³/mol. The molecular formula is C7H12F3NO2. The number of alkyl halides is 3. The monoisotopic (exact) mass is 199 g/mol. The molecular weight excluding hydrogens is 187 g/mol. The molecule has 6 heteroatoms. The van der Waals surface area contributed by atoms with E-state index in [2.05, 4.69) is 0 Å². The van der Waals surface area contributed by atoms with Crippen molar-refractivity contribution in [1.29, 1.82) is 0 Å². The largest absolute Gasteiger partial charge is 0.465 e. The van der Waals surface area contributed by atoms with Crippen molar-refractivity contribution >= 4 is 6.09 Å². The zero-order chi connectivity index (χ0) is 10.5. The van der Waals surface area contributed by atoms with Crippen LogP contribution in [0.25, 0.3) is 0 Å². The molecule has 0 heterocycles. The number of hydrogen-bond acceptors (Lipinski definition) is 1. The first-order chi connectivity index (χ1) is 5.87. The number of carbonyl (C=O) groups is 1. The standard InChI is InChI=1S/C7H12F3NO2/c1-2-4-11(6(12)13)5-3-7(8,9)10/h2-5H2,1H3,(H,12,13). The van der Waals surface area contributed by atoms with Gasteiger partial charge in [0.2, 0.25) is 0 Å². The molecule has 0 saturated heterocycles. The molecule has 13 heavy (non-hydrogen) atoms. The molecule has 0 aliphatic heterocycles. The molecule has 0 fully saturated rings. The van der Waals surface area contributed by atoms with E-state index in [0.717, 1.165) is 4.90 Å². The summed E-state index contributed by atoms with van der Waals surface area (Å²) < 4.78 is 35.1. The normalized spacial score (nSPS) is 11.4. The van der Waals surface area contributed by atoms with Crippen LogP contribution >= 0.6 is 0 Å². The van der Waals surface area contributed by atoms with Crippen LogP contribution in [-0.4, -0.2) is 35.4 Å².